The summed E-state index contributed by atoms with van der Waals surface area (Å²) in [5.74, 6) is 3.91. The fourth-order valence-corrected chi connectivity index (χ4v) is 2.30. The first-order valence-corrected chi connectivity index (χ1v) is 7.39. The Bertz CT molecular complexity index is 194. The van der Waals surface area contributed by atoms with Crippen molar-refractivity contribution in [1.29, 1.82) is 0 Å². The number of hydrogen-bond acceptors (Lipinski definition) is 2. The third kappa shape index (κ3) is 11.2. The molecule has 0 fully saturated rings. The number of nitrogens with two attached hydrogens (primary N) is 1. The highest BCUT2D eigenvalue weighted by Gasteiger charge is 2.00. The van der Waals surface area contributed by atoms with Crippen molar-refractivity contribution in [1.82, 2.24) is 4.90 Å². The third-order valence-electron chi connectivity index (χ3n) is 2.26. The molecule has 3 nitrogen and oxygen atoms in total. The predicted molar refractivity (Wildman–Crippen MR) is 91.6 cm³/mol. The largest absolute Gasteiger partial charge is 0.370 e. The van der Waals surface area contributed by atoms with E-state index in [2.05, 4.69) is 37.6 Å². The first-order chi connectivity index (χ1) is 7.61. The molecule has 0 saturated heterocycles. The quantitative estimate of drug-likeness (QED) is 0.308. The highest BCUT2D eigenvalue weighted by molar-refractivity contribution is 14.0. The second-order valence-corrected chi connectivity index (χ2v) is 5.38. The lowest BCUT2D eigenvalue weighted by Crippen LogP contribution is -2.37. The molecule has 0 atom stereocenters. The monoisotopic (exact) mass is 373 g/mol. The molecule has 0 spiro atoms. The molecule has 0 aromatic heterocycles. The number of nitrogens with zero attached hydrogens (tertiary/aromatic N) is 2. The Morgan fingerprint density at radius 2 is 1.88 bits per heavy atom. The van der Waals surface area contributed by atoms with Crippen LogP contribution in [0.15, 0.2) is 4.99 Å². The van der Waals surface area contributed by atoms with Crippen LogP contribution in [0, 0.1) is 5.92 Å². The number of guanidine groups is 1. The van der Waals surface area contributed by atoms with Crippen LogP contribution < -0.4 is 5.73 Å². The summed E-state index contributed by atoms with van der Waals surface area (Å²) in [6.45, 7) is 11.4. The van der Waals surface area contributed by atoms with Crippen LogP contribution in [0.2, 0.25) is 0 Å². The van der Waals surface area contributed by atoms with Crippen LogP contribution in [0.1, 0.15) is 34.1 Å². The SMILES string of the molecule is CCN(CC)C(N)=NCCCSCC(C)C.I. The molecule has 0 heterocycles. The maximum Gasteiger partial charge on any atom is 0.191 e. The molecule has 104 valence electrons. The van der Waals surface area contributed by atoms with Crippen LogP contribution >= 0.6 is 35.7 Å². The van der Waals surface area contributed by atoms with Gasteiger partial charge in [0, 0.05) is 19.6 Å². The van der Waals surface area contributed by atoms with Crippen molar-refractivity contribution in [2.45, 2.75) is 34.1 Å². The zero-order valence-electron chi connectivity index (χ0n) is 11.6. The molecule has 0 aliphatic carbocycles. The smallest absolute Gasteiger partial charge is 0.191 e. The number of thioether (sulfide) groups is 1. The Hall–Kier alpha value is 0.350. The van der Waals surface area contributed by atoms with Crippen molar-refractivity contribution >= 4 is 41.7 Å². The molecule has 0 amide bonds. The summed E-state index contributed by atoms with van der Waals surface area (Å²) in [5.41, 5.74) is 5.87. The molecule has 0 aromatic carbocycles. The number of rotatable bonds is 8. The van der Waals surface area contributed by atoms with Gasteiger partial charge < -0.3 is 10.6 Å². The molecule has 0 saturated carbocycles. The van der Waals surface area contributed by atoms with E-state index in [1.165, 1.54) is 11.5 Å². The summed E-state index contributed by atoms with van der Waals surface area (Å²) >= 11 is 2.01. The lowest BCUT2D eigenvalue weighted by atomic mass is 10.3. The normalized spacial score (nSPS) is 11.5. The highest BCUT2D eigenvalue weighted by Crippen LogP contribution is 2.08. The second kappa shape index (κ2) is 12.8. The lowest BCUT2D eigenvalue weighted by Gasteiger charge is -2.19. The molecule has 0 aliphatic rings. The molecule has 2 N–H and O–H groups in total. The molecule has 17 heavy (non-hydrogen) atoms. The minimum absolute atomic E-state index is 0. The molecular formula is C12H28IN3S. The fourth-order valence-electron chi connectivity index (χ4n) is 1.33. The van der Waals surface area contributed by atoms with Gasteiger partial charge in [0.15, 0.2) is 5.96 Å². The van der Waals surface area contributed by atoms with Crippen LogP contribution in [0.25, 0.3) is 0 Å². The molecular weight excluding hydrogens is 345 g/mol. The van der Waals surface area contributed by atoms with Gasteiger partial charge in [0.2, 0.25) is 0 Å². The van der Waals surface area contributed by atoms with Crippen LogP contribution in [0.4, 0.5) is 0 Å². The second-order valence-electron chi connectivity index (χ2n) is 4.23. The minimum atomic E-state index is 0. The maximum atomic E-state index is 5.87. The van der Waals surface area contributed by atoms with E-state index in [9.17, 15) is 0 Å². The highest BCUT2D eigenvalue weighted by atomic mass is 127. The van der Waals surface area contributed by atoms with Gasteiger partial charge in [-0.15, -0.1) is 24.0 Å². The maximum absolute atomic E-state index is 5.87. The Morgan fingerprint density at radius 1 is 1.29 bits per heavy atom. The first kappa shape index (κ1) is 19.7. The van der Waals surface area contributed by atoms with Gasteiger partial charge in [-0.25, -0.2) is 0 Å². The number of hydrogen-bond donors (Lipinski definition) is 1. The van der Waals surface area contributed by atoms with Gasteiger partial charge in [-0.2, -0.15) is 11.8 Å². The number of aliphatic imine (C=N–C) groups is 1. The first-order valence-electron chi connectivity index (χ1n) is 6.24. The van der Waals surface area contributed by atoms with Crippen molar-refractivity contribution in [3.63, 3.8) is 0 Å². The van der Waals surface area contributed by atoms with Gasteiger partial charge >= 0.3 is 0 Å². The summed E-state index contributed by atoms with van der Waals surface area (Å²) in [6, 6.07) is 0. The van der Waals surface area contributed by atoms with Gasteiger partial charge in [0.1, 0.15) is 0 Å². The van der Waals surface area contributed by atoms with E-state index in [1.807, 2.05) is 11.8 Å². The zero-order chi connectivity index (χ0) is 12.4. The summed E-state index contributed by atoms with van der Waals surface area (Å²) < 4.78 is 0. The van der Waals surface area contributed by atoms with Crippen molar-refractivity contribution < 1.29 is 0 Å². The summed E-state index contributed by atoms with van der Waals surface area (Å²) in [7, 11) is 0. The van der Waals surface area contributed by atoms with Crippen LogP contribution in [0.3, 0.4) is 0 Å². The summed E-state index contributed by atoms with van der Waals surface area (Å²) in [6.07, 6.45) is 1.12. The van der Waals surface area contributed by atoms with Crippen LogP contribution in [0.5, 0.6) is 0 Å². The van der Waals surface area contributed by atoms with Crippen LogP contribution in [-0.4, -0.2) is 42.0 Å². The van der Waals surface area contributed by atoms with E-state index in [0.29, 0.717) is 5.96 Å². The average Bonchev–Trinajstić information content (AvgIpc) is 2.24. The molecule has 0 radical (unpaired) electrons. The standard InChI is InChI=1S/C12H27N3S.HI/c1-5-15(6-2)12(13)14-8-7-9-16-10-11(3)4;/h11H,5-10H2,1-4H3,(H2,13,14);1H. The molecule has 0 rings (SSSR count). The van der Waals surface area contributed by atoms with E-state index in [-0.39, 0.29) is 24.0 Å². The van der Waals surface area contributed by atoms with E-state index >= 15 is 0 Å². The van der Waals surface area contributed by atoms with Gasteiger partial charge in [0.05, 0.1) is 0 Å². The third-order valence-corrected chi connectivity index (χ3v) is 3.74. The molecule has 0 aromatic rings. The zero-order valence-corrected chi connectivity index (χ0v) is 14.8. The van der Waals surface area contributed by atoms with Crippen molar-refractivity contribution in [2.75, 3.05) is 31.1 Å². The van der Waals surface area contributed by atoms with Crippen molar-refractivity contribution in [2.24, 2.45) is 16.6 Å². The average molecular weight is 373 g/mol. The minimum Gasteiger partial charge on any atom is -0.370 e. The number of halogens is 1. The molecule has 5 heteroatoms. The Labute approximate surface area is 128 Å². The van der Waals surface area contributed by atoms with Gasteiger partial charge in [-0.05, 0) is 37.7 Å². The summed E-state index contributed by atoms with van der Waals surface area (Å²) in [4.78, 5) is 6.47. The van der Waals surface area contributed by atoms with E-state index in [4.69, 9.17) is 5.73 Å². The Balaban J connectivity index is 0. The van der Waals surface area contributed by atoms with E-state index in [1.54, 1.807) is 0 Å². The molecule has 0 aliphatic heterocycles. The van der Waals surface area contributed by atoms with Crippen molar-refractivity contribution in [3.8, 4) is 0 Å². The van der Waals surface area contributed by atoms with E-state index < -0.39 is 0 Å². The molecule has 0 unspecified atom stereocenters. The Morgan fingerprint density at radius 3 is 2.35 bits per heavy atom. The Kier molecular flexibility index (Phi) is 14.8. The summed E-state index contributed by atoms with van der Waals surface area (Å²) in [5, 5.41) is 0. The molecule has 0 bridgehead atoms. The van der Waals surface area contributed by atoms with Crippen LogP contribution in [-0.2, 0) is 0 Å². The van der Waals surface area contributed by atoms with Gasteiger partial charge in [-0.1, -0.05) is 13.8 Å². The van der Waals surface area contributed by atoms with Crippen molar-refractivity contribution in [3.05, 3.63) is 0 Å². The van der Waals surface area contributed by atoms with Gasteiger partial charge in [0.25, 0.3) is 0 Å². The topological polar surface area (TPSA) is 41.6 Å². The predicted octanol–water partition coefficient (Wildman–Crippen LogP) is 3.04. The van der Waals surface area contributed by atoms with Gasteiger partial charge in [-0.3, -0.25) is 4.99 Å². The lowest BCUT2D eigenvalue weighted by molar-refractivity contribution is 0.458. The fraction of sp³-hybridized carbons (Fsp3) is 0.917. The van der Waals surface area contributed by atoms with E-state index in [0.717, 1.165) is 32.0 Å².